The number of aromatic nitrogens is 1. The first-order valence-electron chi connectivity index (χ1n) is 6.99. The quantitative estimate of drug-likeness (QED) is 0.762. The number of benzene rings is 1. The molecule has 21 heavy (non-hydrogen) atoms. The van der Waals surface area contributed by atoms with Crippen LogP contribution in [0.15, 0.2) is 42.7 Å². The zero-order valence-corrected chi connectivity index (χ0v) is 12.5. The maximum atomic E-state index is 12.5. The third-order valence-corrected chi connectivity index (χ3v) is 2.75. The molecule has 1 aromatic heterocycles. The average Bonchev–Trinajstić information content (AvgIpc) is 2.47. The Morgan fingerprint density at radius 2 is 1.90 bits per heavy atom. The Bertz CT molecular complexity index is 623. The Labute approximate surface area is 124 Å². The minimum Gasteiger partial charge on any atom is -0.494 e. The standard InChI is InChI=1S/C17H19NO3/c1-4-20-15-7-5-6-13(8-15)17(19)14-9-16(11-18-10-14)21-12(2)3/h5-12H,4H2,1-3H3. The molecule has 0 aliphatic rings. The molecule has 0 bridgehead atoms. The molecule has 0 unspecified atom stereocenters. The van der Waals surface area contributed by atoms with Crippen molar-refractivity contribution in [3.8, 4) is 11.5 Å². The van der Waals surface area contributed by atoms with Gasteiger partial charge in [0.25, 0.3) is 0 Å². The van der Waals surface area contributed by atoms with E-state index in [1.165, 1.54) is 0 Å². The molecule has 0 fully saturated rings. The van der Waals surface area contributed by atoms with Gasteiger partial charge in [-0.15, -0.1) is 0 Å². The SMILES string of the molecule is CCOc1cccc(C(=O)c2cncc(OC(C)C)c2)c1. The van der Waals surface area contributed by atoms with E-state index in [1.807, 2.05) is 26.8 Å². The highest BCUT2D eigenvalue weighted by molar-refractivity contribution is 6.09. The van der Waals surface area contributed by atoms with E-state index in [-0.39, 0.29) is 11.9 Å². The Morgan fingerprint density at radius 1 is 1.14 bits per heavy atom. The van der Waals surface area contributed by atoms with Crippen molar-refractivity contribution in [2.75, 3.05) is 6.61 Å². The highest BCUT2D eigenvalue weighted by Gasteiger charge is 2.12. The molecular formula is C17H19NO3. The molecule has 0 atom stereocenters. The molecule has 110 valence electrons. The van der Waals surface area contributed by atoms with Crippen molar-refractivity contribution in [1.29, 1.82) is 0 Å². The van der Waals surface area contributed by atoms with Crippen LogP contribution in [0.1, 0.15) is 36.7 Å². The molecule has 4 heteroatoms. The predicted molar refractivity (Wildman–Crippen MR) is 81.0 cm³/mol. The van der Waals surface area contributed by atoms with Crippen LogP contribution in [0.25, 0.3) is 0 Å². The molecule has 0 radical (unpaired) electrons. The Hall–Kier alpha value is -2.36. The second kappa shape index (κ2) is 6.88. The van der Waals surface area contributed by atoms with E-state index in [0.717, 1.165) is 0 Å². The maximum Gasteiger partial charge on any atom is 0.194 e. The number of nitrogens with zero attached hydrogens (tertiary/aromatic N) is 1. The van der Waals surface area contributed by atoms with Crippen molar-refractivity contribution >= 4 is 5.78 Å². The summed E-state index contributed by atoms with van der Waals surface area (Å²) in [7, 11) is 0. The molecule has 0 saturated carbocycles. The normalized spacial score (nSPS) is 10.5. The van der Waals surface area contributed by atoms with Gasteiger partial charge in [-0.2, -0.15) is 0 Å². The van der Waals surface area contributed by atoms with Crippen LogP contribution in [0.3, 0.4) is 0 Å². The summed E-state index contributed by atoms with van der Waals surface area (Å²) in [5, 5.41) is 0. The van der Waals surface area contributed by atoms with Crippen LogP contribution in [0.2, 0.25) is 0 Å². The molecule has 0 N–H and O–H groups in total. The number of pyridine rings is 1. The number of rotatable bonds is 6. The van der Waals surface area contributed by atoms with Gasteiger partial charge >= 0.3 is 0 Å². The fraction of sp³-hybridized carbons (Fsp3) is 0.294. The minimum atomic E-state index is -0.0988. The number of hydrogen-bond donors (Lipinski definition) is 0. The number of ketones is 1. The van der Waals surface area contributed by atoms with Gasteiger partial charge in [0.2, 0.25) is 0 Å². The van der Waals surface area contributed by atoms with Crippen molar-refractivity contribution in [2.24, 2.45) is 0 Å². The Balaban J connectivity index is 2.25. The molecule has 0 aliphatic heterocycles. The van der Waals surface area contributed by atoms with Crippen LogP contribution >= 0.6 is 0 Å². The second-order valence-electron chi connectivity index (χ2n) is 4.87. The van der Waals surface area contributed by atoms with Crippen molar-refractivity contribution < 1.29 is 14.3 Å². The van der Waals surface area contributed by atoms with Crippen LogP contribution in [0, 0.1) is 0 Å². The first-order chi connectivity index (χ1) is 10.1. The van der Waals surface area contributed by atoms with E-state index in [1.54, 1.807) is 36.7 Å². The second-order valence-corrected chi connectivity index (χ2v) is 4.87. The molecule has 1 heterocycles. The monoisotopic (exact) mass is 285 g/mol. The lowest BCUT2D eigenvalue weighted by molar-refractivity contribution is 0.103. The van der Waals surface area contributed by atoms with Gasteiger partial charge in [-0.05, 0) is 39.0 Å². The molecular weight excluding hydrogens is 266 g/mol. The molecule has 4 nitrogen and oxygen atoms in total. The van der Waals surface area contributed by atoms with Crippen molar-refractivity contribution in [2.45, 2.75) is 26.9 Å². The largest absolute Gasteiger partial charge is 0.494 e. The van der Waals surface area contributed by atoms with E-state index in [9.17, 15) is 4.79 Å². The van der Waals surface area contributed by atoms with E-state index in [2.05, 4.69) is 4.98 Å². The number of ether oxygens (including phenoxy) is 2. The first kappa shape index (κ1) is 15.0. The van der Waals surface area contributed by atoms with Gasteiger partial charge in [-0.1, -0.05) is 12.1 Å². The fourth-order valence-corrected chi connectivity index (χ4v) is 1.94. The molecule has 2 aromatic rings. The molecule has 0 saturated heterocycles. The molecule has 2 rings (SSSR count). The van der Waals surface area contributed by atoms with Crippen molar-refractivity contribution in [3.63, 3.8) is 0 Å². The zero-order valence-electron chi connectivity index (χ0n) is 12.5. The summed E-state index contributed by atoms with van der Waals surface area (Å²) >= 11 is 0. The van der Waals surface area contributed by atoms with Gasteiger partial charge in [0.1, 0.15) is 11.5 Å². The van der Waals surface area contributed by atoms with Crippen molar-refractivity contribution in [3.05, 3.63) is 53.9 Å². The summed E-state index contributed by atoms with van der Waals surface area (Å²) in [5.41, 5.74) is 1.08. The average molecular weight is 285 g/mol. The number of hydrogen-bond acceptors (Lipinski definition) is 4. The number of carbonyl (C=O) groups excluding carboxylic acids is 1. The molecule has 1 aromatic carbocycles. The Morgan fingerprint density at radius 3 is 2.62 bits per heavy atom. The summed E-state index contributed by atoms with van der Waals surface area (Å²) < 4.78 is 11.0. The zero-order chi connectivity index (χ0) is 15.2. The molecule has 0 amide bonds. The smallest absolute Gasteiger partial charge is 0.194 e. The highest BCUT2D eigenvalue weighted by atomic mass is 16.5. The van der Waals surface area contributed by atoms with Gasteiger partial charge in [0, 0.05) is 17.3 Å². The van der Waals surface area contributed by atoms with Crippen LogP contribution in [0.4, 0.5) is 0 Å². The predicted octanol–water partition coefficient (Wildman–Crippen LogP) is 3.50. The highest BCUT2D eigenvalue weighted by Crippen LogP contribution is 2.19. The topological polar surface area (TPSA) is 48.4 Å². The molecule has 0 spiro atoms. The van der Waals surface area contributed by atoms with Gasteiger partial charge in [-0.3, -0.25) is 9.78 Å². The van der Waals surface area contributed by atoms with E-state index in [4.69, 9.17) is 9.47 Å². The number of carbonyl (C=O) groups is 1. The lowest BCUT2D eigenvalue weighted by Gasteiger charge is -2.10. The van der Waals surface area contributed by atoms with Crippen LogP contribution in [0.5, 0.6) is 11.5 Å². The van der Waals surface area contributed by atoms with Gasteiger partial charge in [0.15, 0.2) is 5.78 Å². The Kier molecular flexibility index (Phi) is 4.93. The lowest BCUT2D eigenvalue weighted by atomic mass is 10.0. The van der Waals surface area contributed by atoms with Crippen molar-refractivity contribution in [1.82, 2.24) is 4.98 Å². The first-order valence-corrected chi connectivity index (χ1v) is 6.99. The fourth-order valence-electron chi connectivity index (χ4n) is 1.94. The summed E-state index contributed by atoms with van der Waals surface area (Å²) in [6, 6.07) is 8.85. The van der Waals surface area contributed by atoms with E-state index >= 15 is 0 Å². The minimum absolute atomic E-state index is 0.0402. The van der Waals surface area contributed by atoms with Gasteiger partial charge in [0.05, 0.1) is 18.9 Å². The maximum absolute atomic E-state index is 12.5. The van der Waals surface area contributed by atoms with Crippen LogP contribution < -0.4 is 9.47 Å². The van der Waals surface area contributed by atoms with Gasteiger partial charge in [-0.25, -0.2) is 0 Å². The molecule has 0 aliphatic carbocycles. The summed E-state index contributed by atoms with van der Waals surface area (Å²) in [6.45, 7) is 6.34. The van der Waals surface area contributed by atoms with E-state index in [0.29, 0.717) is 29.2 Å². The third kappa shape index (κ3) is 4.05. The summed E-state index contributed by atoms with van der Waals surface area (Å²) in [6.07, 6.45) is 3.19. The summed E-state index contributed by atoms with van der Waals surface area (Å²) in [4.78, 5) is 16.6. The lowest BCUT2D eigenvalue weighted by Crippen LogP contribution is -2.08. The van der Waals surface area contributed by atoms with Gasteiger partial charge < -0.3 is 9.47 Å². The van der Waals surface area contributed by atoms with Crippen LogP contribution in [-0.4, -0.2) is 23.5 Å². The third-order valence-electron chi connectivity index (χ3n) is 2.75. The summed E-state index contributed by atoms with van der Waals surface area (Å²) in [5.74, 6) is 1.18. The van der Waals surface area contributed by atoms with E-state index < -0.39 is 0 Å². The van der Waals surface area contributed by atoms with Crippen LogP contribution in [-0.2, 0) is 0 Å².